The van der Waals surface area contributed by atoms with Crippen LogP contribution >= 0.6 is 0 Å². The maximum Gasteiger partial charge on any atom is 0.318 e. The Hall–Kier alpha value is -1.14. The first-order valence-electron chi connectivity index (χ1n) is 6.67. The van der Waals surface area contributed by atoms with Gasteiger partial charge in [0.25, 0.3) is 0 Å². The fourth-order valence-corrected chi connectivity index (χ4v) is 2.57. The summed E-state index contributed by atoms with van der Waals surface area (Å²) < 4.78 is 0. The third kappa shape index (κ3) is 3.43. The summed E-state index contributed by atoms with van der Waals surface area (Å²) in [7, 11) is 0. The van der Waals surface area contributed by atoms with Gasteiger partial charge in [-0.05, 0) is 39.2 Å². The summed E-state index contributed by atoms with van der Waals surface area (Å²) in [5.74, 6) is -0.299. The number of hydrogen-bond acceptors (Lipinski definition) is 4. The largest absolute Gasteiger partial charge is 0.351 e. The molecule has 2 rings (SSSR count). The van der Waals surface area contributed by atoms with E-state index < -0.39 is 6.03 Å². The number of nitrogens with two attached hydrogens (primary N) is 1. The standard InChI is InChI=1S/C12H22N4O2/c1-8(11(17)15-12(13)18)16(10-4-5-10)7-9-3-2-6-14-9/h8-10,14H,2-7H2,1H3,(H3,13,15,17,18). The zero-order chi connectivity index (χ0) is 13.1. The van der Waals surface area contributed by atoms with Crippen LogP contribution in [0.4, 0.5) is 4.79 Å². The van der Waals surface area contributed by atoms with Crippen LogP contribution in [0.25, 0.3) is 0 Å². The van der Waals surface area contributed by atoms with Crippen LogP contribution in [-0.4, -0.2) is 48.1 Å². The van der Waals surface area contributed by atoms with E-state index in [-0.39, 0.29) is 11.9 Å². The Morgan fingerprint density at radius 2 is 2.17 bits per heavy atom. The van der Waals surface area contributed by atoms with Crippen molar-refractivity contribution >= 4 is 11.9 Å². The second-order valence-corrected chi connectivity index (χ2v) is 5.25. The van der Waals surface area contributed by atoms with Gasteiger partial charge in [0.05, 0.1) is 6.04 Å². The highest BCUT2D eigenvalue weighted by molar-refractivity contribution is 5.96. The van der Waals surface area contributed by atoms with Crippen molar-refractivity contribution in [1.82, 2.24) is 15.5 Å². The van der Waals surface area contributed by atoms with E-state index in [0.29, 0.717) is 12.1 Å². The Morgan fingerprint density at radius 3 is 2.67 bits per heavy atom. The number of nitrogens with one attached hydrogen (secondary N) is 2. The highest BCUT2D eigenvalue weighted by Gasteiger charge is 2.36. The molecule has 0 spiro atoms. The number of carbonyl (C=O) groups is 2. The Balaban J connectivity index is 1.91. The number of amides is 3. The van der Waals surface area contributed by atoms with Crippen LogP contribution in [-0.2, 0) is 4.79 Å². The van der Waals surface area contributed by atoms with E-state index in [4.69, 9.17) is 5.73 Å². The van der Waals surface area contributed by atoms with Gasteiger partial charge in [0.2, 0.25) is 5.91 Å². The highest BCUT2D eigenvalue weighted by Crippen LogP contribution is 2.29. The molecule has 1 aliphatic carbocycles. The Kier molecular flexibility index (Phi) is 4.19. The minimum Gasteiger partial charge on any atom is -0.351 e. The van der Waals surface area contributed by atoms with Crippen LogP contribution in [0.3, 0.4) is 0 Å². The fraction of sp³-hybridized carbons (Fsp3) is 0.833. The summed E-state index contributed by atoms with van der Waals surface area (Å²) in [5, 5.41) is 5.61. The van der Waals surface area contributed by atoms with Gasteiger partial charge in [-0.1, -0.05) is 0 Å². The molecular weight excluding hydrogens is 232 g/mol. The topological polar surface area (TPSA) is 87.5 Å². The average Bonchev–Trinajstić information content (AvgIpc) is 3.02. The minimum atomic E-state index is -0.776. The van der Waals surface area contributed by atoms with Gasteiger partial charge in [-0.15, -0.1) is 0 Å². The molecule has 1 saturated heterocycles. The number of primary amides is 1. The molecule has 102 valence electrons. The van der Waals surface area contributed by atoms with Crippen LogP contribution in [0.5, 0.6) is 0 Å². The molecule has 0 radical (unpaired) electrons. The summed E-state index contributed by atoms with van der Waals surface area (Å²) in [6.07, 6.45) is 4.64. The van der Waals surface area contributed by atoms with Crippen LogP contribution in [0.1, 0.15) is 32.6 Å². The Morgan fingerprint density at radius 1 is 1.44 bits per heavy atom. The maximum atomic E-state index is 11.8. The van der Waals surface area contributed by atoms with Crippen LogP contribution in [0, 0.1) is 0 Å². The van der Waals surface area contributed by atoms with Gasteiger partial charge in [-0.25, -0.2) is 4.79 Å². The monoisotopic (exact) mass is 254 g/mol. The molecule has 2 fully saturated rings. The first-order valence-corrected chi connectivity index (χ1v) is 6.67. The van der Waals surface area contributed by atoms with E-state index in [0.717, 1.165) is 32.4 Å². The van der Waals surface area contributed by atoms with Crippen LogP contribution in [0.15, 0.2) is 0 Å². The minimum absolute atomic E-state index is 0.299. The molecule has 0 aromatic rings. The molecule has 0 aromatic heterocycles. The molecule has 3 amide bonds. The summed E-state index contributed by atoms with van der Waals surface area (Å²) in [4.78, 5) is 24.7. The van der Waals surface area contributed by atoms with Gasteiger partial charge < -0.3 is 11.1 Å². The normalized spacial score (nSPS) is 25.1. The predicted octanol–water partition coefficient (Wildman–Crippen LogP) is -0.214. The number of nitrogens with zero attached hydrogens (tertiary/aromatic N) is 1. The van der Waals surface area contributed by atoms with Crippen LogP contribution < -0.4 is 16.4 Å². The third-order valence-electron chi connectivity index (χ3n) is 3.73. The molecular formula is C12H22N4O2. The number of hydrogen-bond donors (Lipinski definition) is 3. The summed E-state index contributed by atoms with van der Waals surface area (Å²) in [6, 6.07) is -0.121. The molecule has 2 atom stereocenters. The molecule has 6 heteroatoms. The van der Waals surface area contributed by atoms with E-state index in [1.165, 1.54) is 6.42 Å². The highest BCUT2D eigenvalue weighted by atomic mass is 16.2. The fourth-order valence-electron chi connectivity index (χ4n) is 2.57. The van der Waals surface area contributed by atoms with Crippen molar-refractivity contribution < 1.29 is 9.59 Å². The second kappa shape index (κ2) is 5.67. The third-order valence-corrected chi connectivity index (χ3v) is 3.73. The lowest BCUT2D eigenvalue weighted by Crippen LogP contribution is -2.52. The molecule has 2 aliphatic rings. The van der Waals surface area contributed by atoms with Crippen molar-refractivity contribution in [3.63, 3.8) is 0 Å². The SMILES string of the molecule is CC(C(=O)NC(N)=O)N(CC1CCCN1)C1CC1. The van der Waals surface area contributed by atoms with Gasteiger partial charge in [0, 0.05) is 18.6 Å². The van der Waals surface area contributed by atoms with Crippen molar-refractivity contribution in [2.24, 2.45) is 5.73 Å². The summed E-state index contributed by atoms with van der Waals surface area (Å²) in [5.41, 5.74) is 4.98. The summed E-state index contributed by atoms with van der Waals surface area (Å²) in [6.45, 7) is 3.77. The molecule has 0 bridgehead atoms. The smallest absolute Gasteiger partial charge is 0.318 e. The first kappa shape index (κ1) is 13.3. The molecule has 6 nitrogen and oxygen atoms in total. The van der Waals surface area contributed by atoms with Crippen molar-refractivity contribution in [2.45, 2.75) is 50.7 Å². The average molecular weight is 254 g/mol. The Labute approximate surface area is 107 Å². The van der Waals surface area contributed by atoms with Gasteiger partial charge in [0.15, 0.2) is 0 Å². The van der Waals surface area contributed by atoms with Gasteiger partial charge >= 0.3 is 6.03 Å². The molecule has 0 aromatic carbocycles. The molecule has 18 heavy (non-hydrogen) atoms. The van der Waals surface area contributed by atoms with E-state index >= 15 is 0 Å². The lowest BCUT2D eigenvalue weighted by Gasteiger charge is -2.30. The lowest BCUT2D eigenvalue weighted by molar-refractivity contribution is -0.125. The first-order chi connectivity index (χ1) is 8.58. The Bertz CT molecular complexity index is 324. The van der Waals surface area contributed by atoms with E-state index in [2.05, 4.69) is 15.5 Å². The van der Waals surface area contributed by atoms with E-state index in [1.54, 1.807) is 0 Å². The van der Waals surface area contributed by atoms with E-state index in [1.807, 2.05) is 6.92 Å². The summed E-state index contributed by atoms with van der Waals surface area (Å²) >= 11 is 0. The molecule has 1 aliphatic heterocycles. The van der Waals surface area contributed by atoms with Crippen molar-refractivity contribution in [1.29, 1.82) is 0 Å². The molecule has 1 saturated carbocycles. The van der Waals surface area contributed by atoms with Crippen molar-refractivity contribution in [3.05, 3.63) is 0 Å². The van der Waals surface area contributed by atoms with Gasteiger partial charge in [-0.3, -0.25) is 15.0 Å². The number of rotatable bonds is 5. The van der Waals surface area contributed by atoms with Crippen molar-refractivity contribution in [3.8, 4) is 0 Å². The predicted molar refractivity (Wildman–Crippen MR) is 67.9 cm³/mol. The van der Waals surface area contributed by atoms with E-state index in [9.17, 15) is 9.59 Å². The van der Waals surface area contributed by atoms with Crippen molar-refractivity contribution in [2.75, 3.05) is 13.1 Å². The number of urea groups is 1. The van der Waals surface area contributed by atoms with Crippen LogP contribution in [0.2, 0.25) is 0 Å². The quantitative estimate of drug-likeness (QED) is 0.633. The van der Waals surface area contributed by atoms with Gasteiger partial charge in [-0.2, -0.15) is 0 Å². The van der Waals surface area contributed by atoms with Gasteiger partial charge in [0.1, 0.15) is 0 Å². The molecule has 4 N–H and O–H groups in total. The second-order valence-electron chi connectivity index (χ2n) is 5.25. The number of carbonyl (C=O) groups excluding carboxylic acids is 2. The lowest BCUT2D eigenvalue weighted by atomic mass is 10.1. The zero-order valence-corrected chi connectivity index (χ0v) is 10.8. The molecule has 2 unspecified atom stereocenters. The molecule has 1 heterocycles. The maximum absolute atomic E-state index is 11.8. The number of imide groups is 1. The zero-order valence-electron chi connectivity index (χ0n) is 10.8.